The van der Waals surface area contributed by atoms with Gasteiger partial charge >= 0.3 is 0 Å². The third kappa shape index (κ3) is 3.88. The SMILES string of the molecule is COCC(O)CN(C)c1ncncc1I. The molecule has 0 saturated carbocycles. The molecule has 1 atom stereocenters. The number of halogens is 1. The van der Waals surface area contributed by atoms with Gasteiger partial charge in [0.1, 0.15) is 12.1 Å². The summed E-state index contributed by atoms with van der Waals surface area (Å²) in [6.45, 7) is 0.812. The van der Waals surface area contributed by atoms with Crippen LogP contribution >= 0.6 is 22.6 Å². The standard InChI is InChI=1S/C9H14IN3O2/c1-13(4-7(14)5-15-2)9-8(10)3-11-6-12-9/h3,6-7,14H,4-5H2,1-2H3. The van der Waals surface area contributed by atoms with Crippen molar-refractivity contribution in [2.45, 2.75) is 6.10 Å². The van der Waals surface area contributed by atoms with Crippen LogP contribution in [0.25, 0.3) is 0 Å². The first-order valence-corrected chi connectivity index (χ1v) is 5.56. The van der Waals surface area contributed by atoms with Crippen LogP contribution < -0.4 is 4.90 Å². The predicted octanol–water partition coefficient (Wildman–Crippen LogP) is 0.525. The van der Waals surface area contributed by atoms with Crippen LogP contribution in [-0.2, 0) is 4.74 Å². The third-order valence-corrected chi connectivity index (χ3v) is 2.61. The molecule has 0 spiro atoms. The summed E-state index contributed by atoms with van der Waals surface area (Å²) in [7, 11) is 3.45. The highest BCUT2D eigenvalue weighted by Gasteiger charge is 2.11. The molecule has 1 heterocycles. The molecular weight excluding hydrogens is 309 g/mol. The Morgan fingerprint density at radius 2 is 2.40 bits per heavy atom. The van der Waals surface area contributed by atoms with E-state index in [0.717, 1.165) is 9.39 Å². The second-order valence-corrected chi connectivity index (χ2v) is 4.35. The van der Waals surface area contributed by atoms with Gasteiger partial charge in [-0.05, 0) is 22.6 Å². The van der Waals surface area contributed by atoms with Gasteiger partial charge in [0.05, 0.1) is 16.3 Å². The van der Waals surface area contributed by atoms with E-state index in [1.165, 1.54) is 6.33 Å². The van der Waals surface area contributed by atoms with Crippen LogP contribution in [0.4, 0.5) is 5.82 Å². The third-order valence-electron chi connectivity index (χ3n) is 1.85. The molecule has 0 amide bonds. The molecule has 5 nitrogen and oxygen atoms in total. The largest absolute Gasteiger partial charge is 0.389 e. The lowest BCUT2D eigenvalue weighted by atomic mass is 10.3. The van der Waals surface area contributed by atoms with Crippen molar-refractivity contribution >= 4 is 28.4 Å². The second-order valence-electron chi connectivity index (χ2n) is 3.18. The molecule has 0 aromatic carbocycles. The van der Waals surface area contributed by atoms with E-state index in [0.29, 0.717) is 13.2 Å². The fraction of sp³-hybridized carbons (Fsp3) is 0.556. The minimum Gasteiger partial charge on any atom is -0.389 e. The Hall–Kier alpha value is -0.470. The van der Waals surface area contributed by atoms with Crippen LogP contribution in [0.2, 0.25) is 0 Å². The number of aliphatic hydroxyl groups is 1. The zero-order chi connectivity index (χ0) is 11.3. The zero-order valence-corrected chi connectivity index (χ0v) is 10.9. The first-order valence-electron chi connectivity index (χ1n) is 4.48. The van der Waals surface area contributed by atoms with Crippen molar-refractivity contribution in [1.82, 2.24) is 9.97 Å². The minimum atomic E-state index is -0.509. The molecule has 0 radical (unpaired) electrons. The molecule has 0 saturated heterocycles. The van der Waals surface area contributed by atoms with Gasteiger partial charge in [-0.3, -0.25) is 0 Å². The molecule has 1 N–H and O–H groups in total. The number of nitrogens with zero attached hydrogens (tertiary/aromatic N) is 3. The van der Waals surface area contributed by atoms with Crippen molar-refractivity contribution in [3.05, 3.63) is 16.1 Å². The highest BCUT2D eigenvalue weighted by atomic mass is 127. The van der Waals surface area contributed by atoms with Crippen molar-refractivity contribution < 1.29 is 9.84 Å². The Kier molecular flexibility index (Phi) is 5.20. The lowest BCUT2D eigenvalue weighted by Gasteiger charge is -2.21. The second kappa shape index (κ2) is 6.19. The Labute approximate surface area is 103 Å². The first-order chi connectivity index (χ1) is 7.15. The summed E-state index contributed by atoms with van der Waals surface area (Å²) in [5.74, 6) is 0.820. The molecule has 84 valence electrons. The number of hydrogen-bond acceptors (Lipinski definition) is 5. The summed E-state index contributed by atoms with van der Waals surface area (Å²) in [5.41, 5.74) is 0. The highest BCUT2D eigenvalue weighted by molar-refractivity contribution is 14.1. The van der Waals surface area contributed by atoms with Crippen molar-refractivity contribution in [2.75, 3.05) is 32.2 Å². The van der Waals surface area contributed by atoms with E-state index in [9.17, 15) is 5.11 Å². The van der Waals surface area contributed by atoms with Crippen LogP contribution in [0.5, 0.6) is 0 Å². The normalized spacial score (nSPS) is 12.5. The van der Waals surface area contributed by atoms with Gasteiger partial charge in [0, 0.05) is 26.9 Å². The highest BCUT2D eigenvalue weighted by Crippen LogP contribution is 2.16. The number of aliphatic hydroxyl groups excluding tert-OH is 1. The van der Waals surface area contributed by atoms with Crippen LogP contribution in [0.15, 0.2) is 12.5 Å². The van der Waals surface area contributed by atoms with Crippen LogP contribution in [0, 0.1) is 3.57 Å². The summed E-state index contributed by atoms with van der Waals surface area (Å²) in [6, 6.07) is 0. The molecule has 0 aliphatic rings. The summed E-state index contributed by atoms with van der Waals surface area (Å²) >= 11 is 2.16. The Morgan fingerprint density at radius 1 is 1.67 bits per heavy atom. The summed E-state index contributed by atoms with van der Waals surface area (Å²) in [5, 5.41) is 9.56. The molecule has 6 heteroatoms. The van der Waals surface area contributed by atoms with Crippen molar-refractivity contribution in [1.29, 1.82) is 0 Å². The van der Waals surface area contributed by atoms with Gasteiger partial charge in [-0.2, -0.15) is 0 Å². The maximum Gasteiger partial charge on any atom is 0.145 e. The predicted molar refractivity (Wildman–Crippen MR) is 65.9 cm³/mol. The molecule has 0 fully saturated rings. The van der Waals surface area contributed by atoms with Crippen molar-refractivity contribution in [2.24, 2.45) is 0 Å². The molecule has 1 aromatic heterocycles. The maximum absolute atomic E-state index is 9.56. The number of ether oxygens (including phenoxy) is 1. The quantitative estimate of drug-likeness (QED) is 0.801. The number of rotatable bonds is 5. The van der Waals surface area contributed by atoms with E-state index in [-0.39, 0.29) is 0 Å². The molecule has 1 unspecified atom stereocenters. The molecule has 0 bridgehead atoms. The van der Waals surface area contributed by atoms with E-state index in [1.54, 1.807) is 13.3 Å². The van der Waals surface area contributed by atoms with Crippen molar-refractivity contribution in [3.63, 3.8) is 0 Å². The lowest BCUT2D eigenvalue weighted by Crippen LogP contribution is -2.32. The van der Waals surface area contributed by atoms with Gasteiger partial charge in [-0.1, -0.05) is 0 Å². The van der Waals surface area contributed by atoms with E-state index >= 15 is 0 Å². The fourth-order valence-corrected chi connectivity index (χ4v) is 1.95. The minimum absolute atomic E-state index is 0.325. The van der Waals surface area contributed by atoms with E-state index in [4.69, 9.17) is 4.74 Å². The number of aromatic nitrogens is 2. The Morgan fingerprint density at radius 3 is 3.00 bits per heavy atom. The fourth-order valence-electron chi connectivity index (χ4n) is 1.23. The number of hydrogen-bond donors (Lipinski definition) is 1. The van der Waals surface area contributed by atoms with Gasteiger partial charge in [0.15, 0.2) is 0 Å². The Bertz CT molecular complexity index is 311. The van der Waals surface area contributed by atoms with Gasteiger partial charge in [-0.25, -0.2) is 9.97 Å². The van der Waals surface area contributed by atoms with E-state index in [1.807, 2.05) is 11.9 Å². The van der Waals surface area contributed by atoms with Gasteiger partial charge in [-0.15, -0.1) is 0 Å². The zero-order valence-electron chi connectivity index (χ0n) is 8.72. The molecule has 0 aliphatic carbocycles. The van der Waals surface area contributed by atoms with E-state index < -0.39 is 6.10 Å². The average Bonchev–Trinajstić information content (AvgIpc) is 2.18. The van der Waals surface area contributed by atoms with E-state index in [2.05, 4.69) is 32.6 Å². The summed E-state index contributed by atoms with van der Waals surface area (Å²) in [6.07, 6.45) is 2.73. The molecule has 1 aromatic rings. The average molecular weight is 323 g/mol. The monoisotopic (exact) mass is 323 g/mol. The van der Waals surface area contributed by atoms with Crippen LogP contribution in [-0.4, -0.2) is 48.5 Å². The van der Waals surface area contributed by atoms with Gasteiger partial charge in [0.25, 0.3) is 0 Å². The molecular formula is C9H14IN3O2. The van der Waals surface area contributed by atoms with Gasteiger partial charge in [0.2, 0.25) is 0 Å². The topological polar surface area (TPSA) is 58.5 Å². The molecule has 15 heavy (non-hydrogen) atoms. The summed E-state index contributed by atoms with van der Waals surface area (Å²) in [4.78, 5) is 9.94. The summed E-state index contributed by atoms with van der Waals surface area (Å²) < 4.78 is 5.82. The first kappa shape index (κ1) is 12.6. The maximum atomic E-state index is 9.56. The van der Waals surface area contributed by atoms with Gasteiger partial charge < -0.3 is 14.7 Å². The number of likely N-dealkylation sites (N-methyl/N-ethyl adjacent to an activating group) is 1. The number of anilines is 1. The number of methoxy groups -OCH3 is 1. The molecule has 1 rings (SSSR count). The van der Waals surface area contributed by atoms with Crippen molar-refractivity contribution in [3.8, 4) is 0 Å². The van der Waals surface area contributed by atoms with Crippen LogP contribution in [0.3, 0.4) is 0 Å². The molecule has 0 aliphatic heterocycles. The smallest absolute Gasteiger partial charge is 0.145 e. The van der Waals surface area contributed by atoms with Crippen LogP contribution in [0.1, 0.15) is 0 Å². The lowest BCUT2D eigenvalue weighted by molar-refractivity contribution is 0.0694. The Balaban J connectivity index is 2.61.